The van der Waals surface area contributed by atoms with Crippen molar-refractivity contribution in [3.8, 4) is 0 Å². The van der Waals surface area contributed by atoms with Gasteiger partial charge in [0.2, 0.25) is 5.91 Å². The van der Waals surface area contributed by atoms with Gasteiger partial charge >= 0.3 is 6.09 Å². The Bertz CT molecular complexity index is 837. The van der Waals surface area contributed by atoms with E-state index in [0.29, 0.717) is 38.5 Å². The van der Waals surface area contributed by atoms with Crippen LogP contribution in [0.2, 0.25) is 0 Å². The number of benzene rings is 1. The van der Waals surface area contributed by atoms with Gasteiger partial charge in [-0.05, 0) is 45.0 Å². The van der Waals surface area contributed by atoms with Crippen molar-refractivity contribution in [2.24, 2.45) is 0 Å². The third-order valence-corrected chi connectivity index (χ3v) is 5.27. The maximum atomic E-state index is 13.1. The van der Waals surface area contributed by atoms with Crippen LogP contribution < -0.4 is 10.2 Å². The molecule has 182 valence electrons. The van der Waals surface area contributed by atoms with Crippen LogP contribution in [-0.4, -0.2) is 87.2 Å². The lowest BCUT2D eigenvalue weighted by Gasteiger charge is -2.28. The van der Waals surface area contributed by atoms with Crippen molar-refractivity contribution < 1.29 is 33.3 Å². The third-order valence-electron chi connectivity index (χ3n) is 5.27. The number of anilines is 2. The molecule has 2 aliphatic heterocycles. The van der Waals surface area contributed by atoms with Gasteiger partial charge in [-0.1, -0.05) is 0 Å². The lowest BCUT2D eigenvalue weighted by atomic mass is 10.1. The number of morpholine rings is 1. The molecule has 0 radical (unpaired) electrons. The van der Waals surface area contributed by atoms with Crippen molar-refractivity contribution in [1.82, 2.24) is 4.90 Å². The van der Waals surface area contributed by atoms with Crippen molar-refractivity contribution in [3.63, 3.8) is 0 Å². The van der Waals surface area contributed by atoms with Gasteiger partial charge in [0.25, 0.3) is 5.91 Å². The molecule has 0 aliphatic carbocycles. The molecule has 1 N–H and O–H groups in total. The lowest BCUT2D eigenvalue weighted by Crippen LogP contribution is -2.45. The van der Waals surface area contributed by atoms with Crippen LogP contribution in [0, 0.1) is 0 Å². The molecule has 3 amide bonds. The van der Waals surface area contributed by atoms with Gasteiger partial charge in [-0.15, -0.1) is 0 Å². The molecular formula is C23H33N3O7. The number of ether oxygens (including phenoxy) is 4. The monoisotopic (exact) mass is 463 g/mol. The van der Waals surface area contributed by atoms with Gasteiger partial charge in [-0.3, -0.25) is 14.5 Å². The fourth-order valence-electron chi connectivity index (χ4n) is 3.73. The molecule has 33 heavy (non-hydrogen) atoms. The summed E-state index contributed by atoms with van der Waals surface area (Å²) in [7, 11) is 1.58. The average molecular weight is 464 g/mol. The molecule has 1 aromatic rings. The number of amides is 3. The predicted octanol–water partition coefficient (Wildman–Crippen LogP) is 2.03. The summed E-state index contributed by atoms with van der Waals surface area (Å²) in [5.41, 5.74) is 0.626. The van der Waals surface area contributed by atoms with Gasteiger partial charge in [0, 0.05) is 31.5 Å². The van der Waals surface area contributed by atoms with E-state index in [1.54, 1.807) is 57.0 Å². The smallest absolute Gasteiger partial charge is 0.411 e. The first-order chi connectivity index (χ1) is 15.7. The van der Waals surface area contributed by atoms with Crippen LogP contribution in [0.1, 0.15) is 27.2 Å². The maximum Gasteiger partial charge on any atom is 0.411 e. The predicted molar refractivity (Wildman–Crippen MR) is 121 cm³/mol. The van der Waals surface area contributed by atoms with E-state index in [2.05, 4.69) is 5.32 Å². The summed E-state index contributed by atoms with van der Waals surface area (Å²) in [6, 6.07) is 6.28. The van der Waals surface area contributed by atoms with Crippen molar-refractivity contribution in [2.75, 3.05) is 56.8 Å². The summed E-state index contributed by atoms with van der Waals surface area (Å²) in [6.45, 7) is 7.44. The lowest BCUT2D eigenvalue weighted by molar-refractivity contribution is -0.125. The summed E-state index contributed by atoms with van der Waals surface area (Å²) in [5.74, 6) is -0.426. The fourth-order valence-corrected chi connectivity index (χ4v) is 3.73. The van der Waals surface area contributed by atoms with Gasteiger partial charge < -0.3 is 29.2 Å². The molecule has 10 heteroatoms. The zero-order valence-corrected chi connectivity index (χ0v) is 19.7. The number of carbonyl (C=O) groups is 3. The average Bonchev–Trinajstić information content (AvgIpc) is 3.18. The van der Waals surface area contributed by atoms with Crippen LogP contribution in [0.25, 0.3) is 0 Å². The van der Waals surface area contributed by atoms with Crippen molar-refractivity contribution >= 4 is 29.3 Å². The summed E-state index contributed by atoms with van der Waals surface area (Å²) in [6.07, 6.45) is -0.491. The first-order valence-corrected chi connectivity index (χ1v) is 11.1. The Morgan fingerprint density at radius 2 is 1.91 bits per heavy atom. The second-order valence-electron chi connectivity index (χ2n) is 9.00. The summed E-state index contributed by atoms with van der Waals surface area (Å²) < 4.78 is 21.4. The summed E-state index contributed by atoms with van der Waals surface area (Å²) >= 11 is 0. The number of nitrogens with zero attached hydrogens (tertiary/aromatic N) is 2. The van der Waals surface area contributed by atoms with E-state index < -0.39 is 17.7 Å². The van der Waals surface area contributed by atoms with E-state index >= 15 is 0 Å². The molecule has 2 atom stereocenters. The molecule has 2 heterocycles. The topological polar surface area (TPSA) is 107 Å². The standard InChI is InChI=1S/C23H33N3O7/c1-23(2,3)33-22(29)26-14-18(32-12-11-30-4)13-19(26)21(28)24-16-5-7-17(8-6-16)25-9-10-31-15-20(25)27/h5-8,18-19H,9-15H2,1-4H3,(H,24,28)/t18-,19-/m1/s1. The highest BCUT2D eigenvalue weighted by atomic mass is 16.6. The third kappa shape index (κ3) is 6.89. The number of rotatable bonds is 7. The molecule has 0 bridgehead atoms. The molecule has 10 nitrogen and oxygen atoms in total. The molecule has 0 saturated carbocycles. The van der Waals surface area contributed by atoms with Crippen LogP contribution in [0.4, 0.5) is 16.2 Å². The first-order valence-electron chi connectivity index (χ1n) is 11.1. The van der Waals surface area contributed by atoms with Crippen LogP contribution >= 0.6 is 0 Å². The normalized spacial score (nSPS) is 21.3. The highest BCUT2D eigenvalue weighted by Gasteiger charge is 2.42. The van der Waals surface area contributed by atoms with Crippen molar-refractivity contribution in [3.05, 3.63) is 24.3 Å². The summed E-state index contributed by atoms with van der Waals surface area (Å²) in [4.78, 5) is 40.9. The molecule has 2 saturated heterocycles. The largest absolute Gasteiger partial charge is 0.444 e. The van der Waals surface area contributed by atoms with Crippen molar-refractivity contribution in [2.45, 2.75) is 44.9 Å². The van der Waals surface area contributed by atoms with Gasteiger partial charge in [0.05, 0.1) is 32.5 Å². The Labute approximate surface area is 194 Å². The maximum absolute atomic E-state index is 13.1. The van der Waals surface area contributed by atoms with E-state index in [4.69, 9.17) is 18.9 Å². The van der Waals surface area contributed by atoms with E-state index in [1.807, 2.05) is 0 Å². The Hall–Kier alpha value is -2.69. The number of hydrogen-bond acceptors (Lipinski definition) is 7. The van der Waals surface area contributed by atoms with Crippen LogP contribution in [0.5, 0.6) is 0 Å². The first kappa shape index (κ1) is 24.9. The van der Waals surface area contributed by atoms with Gasteiger partial charge in [-0.25, -0.2) is 4.79 Å². The van der Waals surface area contributed by atoms with E-state index in [0.717, 1.165) is 5.69 Å². The minimum atomic E-state index is -0.729. The molecular weight excluding hydrogens is 430 g/mol. The fraction of sp³-hybridized carbons (Fsp3) is 0.609. The van der Waals surface area contributed by atoms with Crippen LogP contribution in [-0.2, 0) is 28.5 Å². The number of methoxy groups -OCH3 is 1. The molecule has 0 aromatic heterocycles. The van der Waals surface area contributed by atoms with E-state index in [1.165, 1.54) is 4.90 Å². The Morgan fingerprint density at radius 1 is 1.18 bits per heavy atom. The highest BCUT2D eigenvalue weighted by molar-refractivity contribution is 5.98. The van der Waals surface area contributed by atoms with Crippen LogP contribution in [0.3, 0.4) is 0 Å². The number of likely N-dealkylation sites (tertiary alicyclic amines) is 1. The summed E-state index contributed by atoms with van der Waals surface area (Å²) in [5, 5.41) is 2.86. The second-order valence-corrected chi connectivity index (χ2v) is 9.00. The number of hydrogen-bond donors (Lipinski definition) is 1. The van der Waals surface area contributed by atoms with E-state index in [-0.39, 0.29) is 31.1 Å². The zero-order valence-electron chi connectivity index (χ0n) is 19.7. The van der Waals surface area contributed by atoms with E-state index in [9.17, 15) is 14.4 Å². The number of carbonyl (C=O) groups excluding carboxylic acids is 3. The minimum Gasteiger partial charge on any atom is -0.444 e. The SMILES string of the molecule is COCCO[C@@H]1C[C@H](C(=O)Nc2ccc(N3CCOCC3=O)cc2)N(C(=O)OC(C)(C)C)C1. The van der Waals surface area contributed by atoms with Gasteiger partial charge in [0.1, 0.15) is 18.2 Å². The highest BCUT2D eigenvalue weighted by Crippen LogP contribution is 2.25. The Morgan fingerprint density at radius 3 is 2.55 bits per heavy atom. The van der Waals surface area contributed by atoms with Crippen LogP contribution in [0.15, 0.2) is 24.3 Å². The quantitative estimate of drug-likeness (QED) is 0.617. The molecule has 1 aromatic carbocycles. The zero-order chi connectivity index (χ0) is 24.0. The number of nitrogens with one attached hydrogen (secondary N) is 1. The Kier molecular flexibility index (Phi) is 8.28. The molecule has 2 fully saturated rings. The Balaban J connectivity index is 1.66. The van der Waals surface area contributed by atoms with Crippen molar-refractivity contribution in [1.29, 1.82) is 0 Å². The minimum absolute atomic E-state index is 0.0638. The molecule has 3 rings (SSSR count). The van der Waals surface area contributed by atoms with Gasteiger partial charge in [0.15, 0.2) is 0 Å². The molecule has 0 unspecified atom stereocenters. The van der Waals surface area contributed by atoms with Gasteiger partial charge in [-0.2, -0.15) is 0 Å². The molecule has 0 spiro atoms. The second kappa shape index (κ2) is 11.0. The molecule has 2 aliphatic rings.